The zero-order chi connectivity index (χ0) is 18.7. The van der Waals surface area contributed by atoms with Crippen LogP contribution in [0.3, 0.4) is 0 Å². The summed E-state index contributed by atoms with van der Waals surface area (Å²) in [5.74, 6) is -0.183. The number of nitrogens with one attached hydrogen (secondary N) is 2. The lowest BCUT2D eigenvalue weighted by molar-refractivity contribution is 0.0934. The summed E-state index contributed by atoms with van der Waals surface area (Å²) < 4.78 is 1.83. The average molecular weight is 392 g/mol. The van der Waals surface area contributed by atoms with E-state index in [4.69, 9.17) is 0 Å². The van der Waals surface area contributed by atoms with E-state index in [1.165, 1.54) is 5.56 Å². The van der Waals surface area contributed by atoms with Crippen molar-refractivity contribution in [1.82, 2.24) is 25.6 Å². The first kappa shape index (κ1) is 21.4. The number of aromatic nitrogens is 3. The second-order valence-corrected chi connectivity index (χ2v) is 8.13. The molecule has 0 spiro atoms. The van der Waals surface area contributed by atoms with Gasteiger partial charge in [-0.15, -0.1) is 17.5 Å². The van der Waals surface area contributed by atoms with Gasteiger partial charge in [0.2, 0.25) is 0 Å². The summed E-state index contributed by atoms with van der Waals surface area (Å²) in [6.45, 7) is 10.5. The fourth-order valence-corrected chi connectivity index (χ4v) is 3.26. The third kappa shape index (κ3) is 5.30. The highest BCUT2D eigenvalue weighted by Crippen LogP contribution is 2.24. The van der Waals surface area contributed by atoms with E-state index in [2.05, 4.69) is 66.0 Å². The molecule has 0 aliphatic carbocycles. The van der Waals surface area contributed by atoms with Crippen LogP contribution in [0.25, 0.3) is 0 Å². The fourth-order valence-electron chi connectivity index (χ4n) is 3.26. The molecule has 1 unspecified atom stereocenters. The van der Waals surface area contributed by atoms with Crippen molar-refractivity contribution in [1.29, 1.82) is 0 Å². The molecule has 27 heavy (non-hydrogen) atoms. The van der Waals surface area contributed by atoms with E-state index in [1.807, 2.05) is 11.6 Å². The minimum atomic E-state index is -0.183. The van der Waals surface area contributed by atoms with Gasteiger partial charge in [0.15, 0.2) is 5.69 Å². The predicted octanol–water partition coefficient (Wildman–Crippen LogP) is 3.41. The maximum atomic E-state index is 12.5. The van der Waals surface area contributed by atoms with Crippen LogP contribution in [0.15, 0.2) is 30.5 Å². The maximum absolute atomic E-state index is 12.5. The fraction of sp³-hybridized carbons (Fsp3) is 0.550. The summed E-state index contributed by atoms with van der Waals surface area (Å²) in [7, 11) is 0. The smallest absolute Gasteiger partial charge is 0.273 e. The number of carbonyl (C=O) groups excluding carboxylic acids is 1. The Hall–Kier alpha value is -1.92. The van der Waals surface area contributed by atoms with Crippen LogP contribution in [-0.2, 0) is 5.41 Å². The van der Waals surface area contributed by atoms with Gasteiger partial charge in [-0.3, -0.25) is 4.79 Å². The van der Waals surface area contributed by atoms with Gasteiger partial charge in [0.1, 0.15) is 0 Å². The molecular weight excluding hydrogens is 362 g/mol. The van der Waals surface area contributed by atoms with Crippen molar-refractivity contribution in [3.05, 3.63) is 47.3 Å². The lowest BCUT2D eigenvalue weighted by Gasteiger charge is -2.22. The molecule has 148 valence electrons. The van der Waals surface area contributed by atoms with Gasteiger partial charge in [-0.25, -0.2) is 4.68 Å². The normalized spacial score (nSPS) is 16.4. The van der Waals surface area contributed by atoms with Crippen LogP contribution in [0.5, 0.6) is 0 Å². The molecule has 1 saturated heterocycles. The predicted molar refractivity (Wildman–Crippen MR) is 109 cm³/mol. The summed E-state index contributed by atoms with van der Waals surface area (Å²) in [6, 6.07) is 8.67. The molecular formula is C20H30ClN5O. The van der Waals surface area contributed by atoms with Crippen molar-refractivity contribution in [3.63, 3.8) is 0 Å². The molecule has 7 heteroatoms. The SMILES string of the molecule is CC(NC(=O)c1cn(C2CCNCC2)nn1)c1ccc(C(C)(C)C)cc1.Cl. The molecule has 1 aromatic heterocycles. The van der Waals surface area contributed by atoms with Crippen molar-refractivity contribution in [2.24, 2.45) is 0 Å². The number of benzene rings is 1. The van der Waals surface area contributed by atoms with Crippen LogP contribution < -0.4 is 10.6 Å². The Kier molecular flexibility index (Phi) is 7.00. The van der Waals surface area contributed by atoms with Gasteiger partial charge in [-0.2, -0.15) is 0 Å². The van der Waals surface area contributed by atoms with Gasteiger partial charge >= 0.3 is 0 Å². The maximum Gasteiger partial charge on any atom is 0.273 e. The molecule has 1 aliphatic heterocycles. The minimum Gasteiger partial charge on any atom is -0.344 e. The Labute approximate surface area is 167 Å². The number of piperidine rings is 1. The topological polar surface area (TPSA) is 71.8 Å². The summed E-state index contributed by atoms with van der Waals surface area (Å²) in [6.07, 6.45) is 3.79. The van der Waals surface area contributed by atoms with Crippen LogP contribution in [-0.4, -0.2) is 34.0 Å². The molecule has 0 radical (unpaired) electrons. The highest BCUT2D eigenvalue weighted by molar-refractivity contribution is 5.92. The molecule has 2 aromatic rings. The quantitative estimate of drug-likeness (QED) is 0.837. The molecule has 6 nitrogen and oxygen atoms in total. The number of hydrogen-bond acceptors (Lipinski definition) is 4. The van der Waals surface area contributed by atoms with Crippen LogP contribution in [0.1, 0.15) is 74.2 Å². The van der Waals surface area contributed by atoms with Crippen LogP contribution in [0, 0.1) is 0 Å². The first-order valence-corrected chi connectivity index (χ1v) is 9.38. The molecule has 2 N–H and O–H groups in total. The number of halogens is 1. The number of hydrogen-bond donors (Lipinski definition) is 2. The largest absolute Gasteiger partial charge is 0.344 e. The summed E-state index contributed by atoms with van der Waals surface area (Å²) in [4.78, 5) is 12.5. The molecule has 1 aliphatic rings. The van der Waals surface area contributed by atoms with E-state index >= 15 is 0 Å². The van der Waals surface area contributed by atoms with Crippen LogP contribution in [0.4, 0.5) is 0 Å². The second kappa shape index (κ2) is 8.85. The van der Waals surface area contributed by atoms with Crippen molar-refractivity contribution < 1.29 is 4.79 Å². The zero-order valence-corrected chi connectivity index (χ0v) is 17.3. The standard InChI is InChI=1S/C20H29N5O.ClH/c1-14(15-5-7-16(8-6-15)20(2,3)4)22-19(26)18-13-25(24-23-18)17-9-11-21-12-10-17;/h5-8,13-14,17,21H,9-12H2,1-4H3,(H,22,26);1H. The van der Waals surface area contributed by atoms with E-state index in [0.717, 1.165) is 31.5 Å². The van der Waals surface area contributed by atoms with Crippen molar-refractivity contribution >= 4 is 18.3 Å². The Bertz CT molecular complexity index is 744. The van der Waals surface area contributed by atoms with Crippen LogP contribution in [0.2, 0.25) is 0 Å². The van der Waals surface area contributed by atoms with Gasteiger partial charge in [0, 0.05) is 0 Å². The Morgan fingerprint density at radius 1 is 1.22 bits per heavy atom. The Morgan fingerprint density at radius 2 is 1.85 bits per heavy atom. The van der Waals surface area contributed by atoms with E-state index in [0.29, 0.717) is 11.7 Å². The monoisotopic (exact) mass is 391 g/mol. The van der Waals surface area contributed by atoms with E-state index in [-0.39, 0.29) is 29.8 Å². The molecule has 1 aromatic carbocycles. The van der Waals surface area contributed by atoms with E-state index in [9.17, 15) is 4.79 Å². The number of rotatable bonds is 4. The van der Waals surface area contributed by atoms with Gasteiger partial charge in [-0.05, 0) is 49.4 Å². The molecule has 1 amide bonds. The highest BCUT2D eigenvalue weighted by Gasteiger charge is 2.20. The van der Waals surface area contributed by atoms with Gasteiger partial charge in [-0.1, -0.05) is 50.3 Å². The Morgan fingerprint density at radius 3 is 2.44 bits per heavy atom. The van der Waals surface area contributed by atoms with Crippen LogP contribution >= 0.6 is 12.4 Å². The van der Waals surface area contributed by atoms with Crippen molar-refractivity contribution in [3.8, 4) is 0 Å². The summed E-state index contributed by atoms with van der Waals surface area (Å²) in [5, 5.41) is 14.6. The lowest BCUT2D eigenvalue weighted by Crippen LogP contribution is -2.29. The molecule has 1 atom stereocenters. The molecule has 1 fully saturated rings. The number of nitrogens with zero attached hydrogens (tertiary/aromatic N) is 3. The average Bonchev–Trinajstić information content (AvgIpc) is 3.12. The molecule has 2 heterocycles. The lowest BCUT2D eigenvalue weighted by atomic mass is 9.86. The molecule has 0 saturated carbocycles. The third-order valence-electron chi connectivity index (χ3n) is 5.05. The van der Waals surface area contributed by atoms with Gasteiger partial charge in [0.25, 0.3) is 5.91 Å². The number of carbonyl (C=O) groups is 1. The second-order valence-electron chi connectivity index (χ2n) is 8.13. The molecule has 3 rings (SSSR count). The van der Waals surface area contributed by atoms with Crippen molar-refractivity contribution in [2.75, 3.05) is 13.1 Å². The third-order valence-corrected chi connectivity index (χ3v) is 5.05. The highest BCUT2D eigenvalue weighted by atomic mass is 35.5. The first-order valence-electron chi connectivity index (χ1n) is 9.38. The van der Waals surface area contributed by atoms with Gasteiger partial charge in [0.05, 0.1) is 18.3 Å². The van der Waals surface area contributed by atoms with E-state index in [1.54, 1.807) is 6.20 Å². The van der Waals surface area contributed by atoms with E-state index < -0.39 is 0 Å². The summed E-state index contributed by atoms with van der Waals surface area (Å²) >= 11 is 0. The molecule has 0 bridgehead atoms. The van der Waals surface area contributed by atoms with Gasteiger partial charge < -0.3 is 10.6 Å². The minimum absolute atomic E-state index is 0. The summed E-state index contributed by atoms with van der Waals surface area (Å²) in [5.41, 5.74) is 2.86. The Balaban J connectivity index is 0.00000261. The zero-order valence-electron chi connectivity index (χ0n) is 16.5. The van der Waals surface area contributed by atoms with Crippen molar-refractivity contribution in [2.45, 2.75) is 58.0 Å². The first-order chi connectivity index (χ1) is 12.3. The number of amides is 1.